The summed E-state index contributed by atoms with van der Waals surface area (Å²) < 4.78 is 0. The van der Waals surface area contributed by atoms with Crippen LogP contribution in [-0.2, 0) is 6.42 Å². The molecule has 1 fully saturated rings. The lowest BCUT2D eigenvalue weighted by Gasteiger charge is -2.37. The molecule has 2 N–H and O–H groups in total. The zero-order chi connectivity index (χ0) is 13.7. The molecule has 2 nitrogen and oxygen atoms in total. The van der Waals surface area contributed by atoms with Crippen molar-refractivity contribution in [2.24, 2.45) is 5.41 Å². The first-order valence-electron chi connectivity index (χ1n) is 7.50. The minimum atomic E-state index is 0.182. The molecule has 1 aromatic carbocycles. The smallest absolute Gasteiger partial charge is 0.0587 e. The topological polar surface area (TPSA) is 32.3 Å². The van der Waals surface area contributed by atoms with Gasteiger partial charge in [-0.15, -0.1) is 0 Å². The van der Waals surface area contributed by atoms with Crippen molar-refractivity contribution in [2.45, 2.75) is 58.0 Å². The highest BCUT2D eigenvalue weighted by molar-refractivity contribution is 5.16. The normalized spacial score (nSPS) is 24.1. The van der Waals surface area contributed by atoms with E-state index in [-0.39, 0.29) is 12.6 Å². The number of aliphatic hydroxyl groups is 1. The van der Waals surface area contributed by atoms with Gasteiger partial charge in [-0.2, -0.15) is 0 Å². The second kappa shape index (κ2) is 6.53. The quantitative estimate of drug-likeness (QED) is 0.853. The molecule has 106 valence electrons. The molecule has 2 rings (SSSR count). The molecule has 1 aromatic rings. The first-order valence-corrected chi connectivity index (χ1v) is 7.50. The van der Waals surface area contributed by atoms with Crippen molar-refractivity contribution in [1.29, 1.82) is 0 Å². The van der Waals surface area contributed by atoms with Gasteiger partial charge >= 0.3 is 0 Å². The van der Waals surface area contributed by atoms with Crippen molar-refractivity contribution in [1.82, 2.24) is 5.32 Å². The Morgan fingerprint density at radius 1 is 1.32 bits per heavy atom. The number of aliphatic hydroxyl groups excluding tert-OH is 1. The molecule has 0 bridgehead atoms. The summed E-state index contributed by atoms with van der Waals surface area (Å²) in [6.07, 6.45) is 6.00. The molecular weight excluding hydrogens is 234 g/mol. The Hall–Kier alpha value is -0.860. The Bertz CT molecular complexity index is 374. The van der Waals surface area contributed by atoms with Crippen LogP contribution in [0.3, 0.4) is 0 Å². The summed E-state index contributed by atoms with van der Waals surface area (Å²) >= 11 is 0. The van der Waals surface area contributed by atoms with Crippen molar-refractivity contribution in [3.63, 3.8) is 0 Å². The zero-order valence-corrected chi connectivity index (χ0v) is 12.2. The summed E-state index contributed by atoms with van der Waals surface area (Å²) in [6.45, 7) is 4.92. The van der Waals surface area contributed by atoms with Crippen LogP contribution in [-0.4, -0.2) is 23.8 Å². The maximum Gasteiger partial charge on any atom is 0.0587 e. The molecule has 2 heteroatoms. The average Bonchev–Trinajstić information content (AvgIpc) is 2.38. The lowest BCUT2D eigenvalue weighted by atomic mass is 9.75. The third kappa shape index (κ3) is 4.63. The van der Waals surface area contributed by atoms with E-state index in [2.05, 4.69) is 43.4 Å². The van der Waals surface area contributed by atoms with Gasteiger partial charge in [0, 0.05) is 12.1 Å². The highest BCUT2D eigenvalue weighted by Crippen LogP contribution is 2.35. The van der Waals surface area contributed by atoms with Crippen LogP contribution in [0, 0.1) is 5.41 Å². The van der Waals surface area contributed by atoms with Crippen LogP contribution in [0.5, 0.6) is 0 Å². The van der Waals surface area contributed by atoms with Gasteiger partial charge in [-0.3, -0.25) is 0 Å². The van der Waals surface area contributed by atoms with Gasteiger partial charge in [0.2, 0.25) is 0 Å². The molecule has 19 heavy (non-hydrogen) atoms. The van der Waals surface area contributed by atoms with E-state index >= 15 is 0 Å². The molecule has 0 spiro atoms. The molecular formula is C17H27NO. The van der Waals surface area contributed by atoms with Gasteiger partial charge in [0.05, 0.1) is 6.61 Å². The predicted molar refractivity (Wildman–Crippen MR) is 80.2 cm³/mol. The Morgan fingerprint density at radius 3 is 2.68 bits per heavy atom. The average molecular weight is 261 g/mol. The minimum Gasteiger partial charge on any atom is -0.395 e. The van der Waals surface area contributed by atoms with E-state index in [1.807, 2.05) is 6.07 Å². The zero-order valence-electron chi connectivity index (χ0n) is 12.2. The van der Waals surface area contributed by atoms with Crippen LogP contribution >= 0.6 is 0 Å². The monoisotopic (exact) mass is 261 g/mol. The van der Waals surface area contributed by atoms with Crippen molar-refractivity contribution in [3.8, 4) is 0 Å². The first-order chi connectivity index (χ1) is 9.09. The van der Waals surface area contributed by atoms with Gasteiger partial charge in [0.15, 0.2) is 0 Å². The Labute approximate surface area is 117 Å². The lowest BCUT2D eigenvalue weighted by molar-refractivity contribution is 0.166. The van der Waals surface area contributed by atoms with Crippen LogP contribution in [0.1, 0.15) is 45.1 Å². The third-order valence-corrected chi connectivity index (χ3v) is 4.22. The number of nitrogens with one attached hydrogen (secondary N) is 1. The number of rotatable bonds is 5. The standard InChI is InChI=1S/C17H27NO/c1-17(2)10-6-9-15(12-17)18-16(13-19)11-14-7-4-3-5-8-14/h3-5,7-8,15-16,18-19H,6,9-13H2,1-2H3/t15?,16-/m0/s1. The predicted octanol–water partition coefficient (Wildman–Crippen LogP) is 3.15. The maximum absolute atomic E-state index is 9.59. The summed E-state index contributed by atoms with van der Waals surface area (Å²) in [5.41, 5.74) is 1.74. The Morgan fingerprint density at radius 2 is 2.05 bits per heavy atom. The van der Waals surface area contributed by atoms with Gasteiger partial charge in [-0.25, -0.2) is 0 Å². The molecule has 0 aliphatic heterocycles. The summed E-state index contributed by atoms with van der Waals surface area (Å²) in [5, 5.41) is 13.2. The highest BCUT2D eigenvalue weighted by Gasteiger charge is 2.28. The summed E-state index contributed by atoms with van der Waals surface area (Å²) in [5.74, 6) is 0. The number of hydrogen-bond acceptors (Lipinski definition) is 2. The molecule has 0 aromatic heterocycles. The molecule has 2 atom stereocenters. The van der Waals surface area contributed by atoms with Crippen LogP contribution in [0.4, 0.5) is 0 Å². The van der Waals surface area contributed by atoms with Gasteiger partial charge in [0.25, 0.3) is 0 Å². The van der Waals surface area contributed by atoms with E-state index in [0.717, 1.165) is 6.42 Å². The number of benzene rings is 1. The molecule has 0 heterocycles. The maximum atomic E-state index is 9.59. The molecule has 0 amide bonds. The highest BCUT2D eigenvalue weighted by atomic mass is 16.3. The lowest BCUT2D eigenvalue weighted by Crippen LogP contribution is -2.45. The van der Waals surface area contributed by atoms with E-state index < -0.39 is 0 Å². The van der Waals surface area contributed by atoms with Crippen molar-refractivity contribution in [3.05, 3.63) is 35.9 Å². The van der Waals surface area contributed by atoms with E-state index in [9.17, 15) is 5.11 Å². The molecule has 0 saturated heterocycles. The van der Waals surface area contributed by atoms with E-state index in [0.29, 0.717) is 11.5 Å². The van der Waals surface area contributed by atoms with Crippen LogP contribution < -0.4 is 5.32 Å². The van der Waals surface area contributed by atoms with Gasteiger partial charge in [0.1, 0.15) is 0 Å². The van der Waals surface area contributed by atoms with Gasteiger partial charge < -0.3 is 10.4 Å². The minimum absolute atomic E-state index is 0.182. The molecule has 1 unspecified atom stereocenters. The third-order valence-electron chi connectivity index (χ3n) is 4.22. The molecule has 1 aliphatic rings. The molecule has 1 aliphatic carbocycles. The largest absolute Gasteiger partial charge is 0.395 e. The van der Waals surface area contributed by atoms with Crippen LogP contribution in [0.15, 0.2) is 30.3 Å². The van der Waals surface area contributed by atoms with Gasteiger partial charge in [-0.05, 0) is 36.7 Å². The first kappa shape index (κ1) is 14.5. The number of hydrogen-bond donors (Lipinski definition) is 2. The Kier molecular flexibility index (Phi) is 5.00. The molecule has 1 saturated carbocycles. The molecule has 0 radical (unpaired) electrons. The summed E-state index contributed by atoms with van der Waals surface area (Å²) in [6, 6.07) is 11.2. The SMILES string of the molecule is CC1(C)CCCC(N[C@H](CO)Cc2ccccc2)C1. The van der Waals surface area contributed by atoms with E-state index in [1.54, 1.807) is 0 Å². The summed E-state index contributed by atoms with van der Waals surface area (Å²) in [7, 11) is 0. The van der Waals surface area contributed by atoms with Crippen molar-refractivity contribution in [2.75, 3.05) is 6.61 Å². The summed E-state index contributed by atoms with van der Waals surface area (Å²) in [4.78, 5) is 0. The van der Waals surface area contributed by atoms with Crippen LogP contribution in [0.25, 0.3) is 0 Å². The van der Waals surface area contributed by atoms with Crippen molar-refractivity contribution >= 4 is 0 Å². The fourth-order valence-electron chi connectivity index (χ4n) is 3.25. The second-order valence-corrected chi connectivity index (χ2v) is 6.69. The fourth-order valence-corrected chi connectivity index (χ4v) is 3.25. The van der Waals surface area contributed by atoms with Crippen LogP contribution in [0.2, 0.25) is 0 Å². The fraction of sp³-hybridized carbons (Fsp3) is 0.647. The second-order valence-electron chi connectivity index (χ2n) is 6.69. The van der Waals surface area contributed by atoms with E-state index in [1.165, 1.54) is 31.2 Å². The van der Waals surface area contributed by atoms with Gasteiger partial charge in [-0.1, -0.05) is 50.6 Å². The van der Waals surface area contributed by atoms with E-state index in [4.69, 9.17) is 0 Å². The Balaban J connectivity index is 1.88. The van der Waals surface area contributed by atoms with Crippen molar-refractivity contribution < 1.29 is 5.11 Å².